The van der Waals surface area contributed by atoms with Gasteiger partial charge < -0.3 is 14.4 Å². The lowest BCUT2D eigenvalue weighted by atomic mass is 10.0. The van der Waals surface area contributed by atoms with Gasteiger partial charge in [0.1, 0.15) is 11.6 Å². The minimum Gasteiger partial charge on any atom is -0.422 e. The van der Waals surface area contributed by atoms with Crippen LogP contribution in [0.5, 0.6) is 0 Å². The number of methoxy groups -OCH3 is 1. The molecule has 0 unspecified atom stereocenters. The fraction of sp³-hybridized carbons (Fsp3) is 0.273. The largest absolute Gasteiger partial charge is 0.422 e. The Kier molecular flexibility index (Phi) is 5.39. The van der Waals surface area contributed by atoms with Gasteiger partial charge in [-0.3, -0.25) is 4.79 Å². The second kappa shape index (κ2) is 7.97. The van der Waals surface area contributed by atoms with Gasteiger partial charge in [-0.15, -0.1) is 0 Å². The molecular weight excluding hydrogens is 397 g/mol. The summed E-state index contributed by atoms with van der Waals surface area (Å²) < 4.78 is 25.0. The molecule has 1 amide bonds. The number of carbonyl (C=O) groups is 2. The fourth-order valence-corrected chi connectivity index (χ4v) is 3.80. The Hall–Kier alpha value is -2.70. The highest BCUT2D eigenvalue weighted by molar-refractivity contribution is 6.31. The highest BCUT2D eigenvalue weighted by Gasteiger charge is 2.28. The van der Waals surface area contributed by atoms with E-state index in [-0.39, 0.29) is 17.6 Å². The van der Waals surface area contributed by atoms with Crippen molar-refractivity contribution in [2.75, 3.05) is 20.2 Å². The Morgan fingerprint density at radius 2 is 1.97 bits per heavy atom. The molecule has 0 aromatic heterocycles. The SMILES string of the molecule is COC1CCN(C(=O)c2cc(C=C3OC(=O)c4cc(Cl)ccc43)ccc2F)CC1. The predicted octanol–water partition coefficient (Wildman–Crippen LogP) is 4.40. The second-order valence-electron chi connectivity index (χ2n) is 7.05. The van der Waals surface area contributed by atoms with Crippen LogP contribution in [0.3, 0.4) is 0 Å². The van der Waals surface area contributed by atoms with Gasteiger partial charge >= 0.3 is 5.97 Å². The van der Waals surface area contributed by atoms with Crippen molar-refractivity contribution >= 4 is 35.3 Å². The summed E-state index contributed by atoms with van der Waals surface area (Å²) in [7, 11) is 1.65. The first-order chi connectivity index (χ1) is 14.0. The van der Waals surface area contributed by atoms with Crippen LogP contribution in [0.1, 0.15) is 44.7 Å². The highest BCUT2D eigenvalue weighted by atomic mass is 35.5. The van der Waals surface area contributed by atoms with Crippen LogP contribution < -0.4 is 0 Å². The van der Waals surface area contributed by atoms with Crippen LogP contribution in [0, 0.1) is 5.82 Å². The minimum absolute atomic E-state index is 0.00382. The molecule has 1 saturated heterocycles. The highest BCUT2D eigenvalue weighted by Crippen LogP contribution is 2.33. The number of ether oxygens (including phenoxy) is 2. The molecular formula is C22H19ClFNO4. The number of halogens is 2. The number of hydrogen-bond acceptors (Lipinski definition) is 4. The third kappa shape index (κ3) is 3.91. The van der Waals surface area contributed by atoms with Gasteiger partial charge in [-0.1, -0.05) is 17.7 Å². The summed E-state index contributed by atoms with van der Waals surface area (Å²) in [6.45, 7) is 1.04. The van der Waals surface area contributed by atoms with E-state index in [2.05, 4.69) is 0 Å². The number of likely N-dealkylation sites (tertiary alicyclic amines) is 1. The summed E-state index contributed by atoms with van der Waals surface area (Å²) in [5, 5.41) is 0.439. The van der Waals surface area contributed by atoms with Crippen molar-refractivity contribution in [3.63, 3.8) is 0 Å². The van der Waals surface area contributed by atoms with Crippen LogP contribution in [0.2, 0.25) is 5.02 Å². The molecule has 0 saturated carbocycles. The quantitative estimate of drug-likeness (QED) is 0.697. The topological polar surface area (TPSA) is 55.8 Å². The van der Waals surface area contributed by atoms with Gasteiger partial charge in [0.25, 0.3) is 5.91 Å². The monoisotopic (exact) mass is 415 g/mol. The van der Waals surface area contributed by atoms with Gasteiger partial charge in [0.2, 0.25) is 0 Å². The van der Waals surface area contributed by atoms with Crippen molar-refractivity contribution < 1.29 is 23.5 Å². The van der Waals surface area contributed by atoms with Gasteiger partial charge in [-0.2, -0.15) is 0 Å². The molecule has 2 aromatic rings. The first kappa shape index (κ1) is 19.6. The maximum Gasteiger partial charge on any atom is 0.344 e. The van der Waals surface area contributed by atoms with E-state index in [1.807, 2.05) is 0 Å². The molecule has 0 aliphatic carbocycles. The lowest BCUT2D eigenvalue weighted by Gasteiger charge is -2.31. The van der Waals surface area contributed by atoms with E-state index in [9.17, 15) is 14.0 Å². The van der Waals surface area contributed by atoms with Crippen LogP contribution >= 0.6 is 11.6 Å². The summed E-state index contributed by atoms with van der Waals surface area (Å²) >= 11 is 5.94. The molecule has 0 bridgehead atoms. The molecule has 2 heterocycles. The van der Waals surface area contributed by atoms with Crippen LogP contribution in [-0.2, 0) is 9.47 Å². The minimum atomic E-state index is -0.582. The smallest absolute Gasteiger partial charge is 0.344 e. The number of amides is 1. The number of nitrogens with zero attached hydrogens (tertiary/aromatic N) is 1. The summed E-state index contributed by atoms with van der Waals surface area (Å²) in [4.78, 5) is 26.5. The zero-order valence-electron chi connectivity index (χ0n) is 15.8. The first-order valence-electron chi connectivity index (χ1n) is 9.31. The molecule has 1 fully saturated rings. The number of hydrogen-bond donors (Lipinski definition) is 0. The van der Waals surface area contributed by atoms with Crippen molar-refractivity contribution in [3.8, 4) is 0 Å². The van der Waals surface area contributed by atoms with Gasteiger partial charge in [0.15, 0.2) is 0 Å². The van der Waals surface area contributed by atoms with Crippen LogP contribution in [0.15, 0.2) is 36.4 Å². The Bertz CT molecular complexity index is 1010. The van der Waals surface area contributed by atoms with Gasteiger partial charge in [-0.25, -0.2) is 9.18 Å². The maximum absolute atomic E-state index is 14.4. The van der Waals surface area contributed by atoms with E-state index in [1.54, 1.807) is 36.3 Å². The van der Waals surface area contributed by atoms with E-state index in [0.717, 1.165) is 12.8 Å². The Balaban J connectivity index is 1.61. The van der Waals surface area contributed by atoms with E-state index in [1.165, 1.54) is 18.2 Å². The number of fused-ring (bicyclic) bond motifs is 1. The normalized spacial score (nSPS) is 18.1. The molecule has 150 valence electrons. The second-order valence-corrected chi connectivity index (χ2v) is 7.49. The molecule has 29 heavy (non-hydrogen) atoms. The van der Waals surface area contributed by atoms with Gasteiger partial charge in [-0.05, 0) is 54.8 Å². The molecule has 0 atom stereocenters. The maximum atomic E-state index is 14.4. The average molecular weight is 416 g/mol. The zero-order valence-corrected chi connectivity index (χ0v) is 16.5. The number of esters is 1. The van der Waals surface area contributed by atoms with Gasteiger partial charge in [0.05, 0.1) is 17.2 Å². The number of cyclic esters (lactones) is 1. The number of benzene rings is 2. The summed E-state index contributed by atoms with van der Waals surface area (Å²) in [5.74, 6) is -1.09. The van der Waals surface area contributed by atoms with E-state index < -0.39 is 11.8 Å². The lowest BCUT2D eigenvalue weighted by Crippen LogP contribution is -2.40. The third-order valence-electron chi connectivity index (χ3n) is 5.25. The van der Waals surface area contributed by atoms with E-state index >= 15 is 0 Å². The molecule has 2 aromatic carbocycles. The molecule has 7 heteroatoms. The predicted molar refractivity (Wildman–Crippen MR) is 107 cm³/mol. The van der Waals surface area contributed by atoms with Crippen molar-refractivity contribution in [1.82, 2.24) is 4.90 Å². The standard InChI is InChI=1S/C22H19ClFNO4/c1-28-15-6-8-25(9-7-15)21(26)18-10-13(2-5-19(18)24)11-20-16-4-3-14(23)12-17(16)22(27)29-20/h2-5,10-12,15H,6-9H2,1H3. The molecule has 0 spiro atoms. The van der Waals surface area contributed by atoms with Crippen LogP contribution in [0.25, 0.3) is 11.8 Å². The third-order valence-corrected chi connectivity index (χ3v) is 5.49. The molecule has 4 rings (SSSR count). The first-order valence-corrected chi connectivity index (χ1v) is 9.69. The summed E-state index contributed by atoms with van der Waals surface area (Å²) in [6, 6.07) is 9.18. The van der Waals surface area contributed by atoms with E-state index in [4.69, 9.17) is 21.1 Å². The summed E-state index contributed by atoms with van der Waals surface area (Å²) in [6.07, 6.45) is 3.20. The van der Waals surface area contributed by atoms with Crippen molar-refractivity contribution in [1.29, 1.82) is 0 Å². The lowest BCUT2D eigenvalue weighted by molar-refractivity contribution is 0.0348. The summed E-state index contributed by atoms with van der Waals surface area (Å²) in [5.41, 5.74) is 1.55. The molecule has 0 N–H and O–H groups in total. The Morgan fingerprint density at radius 1 is 1.21 bits per heavy atom. The number of carbonyl (C=O) groups excluding carboxylic acids is 2. The number of rotatable bonds is 3. The Labute approximate surface area is 172 Å². The fourth-order valence-electron chi connectivity index (χ4n) is 3.63. The Morgan fingerprint density at radius 3 is 2.69 bits per heavy atom. The zero-order chi connectivity index (χ0) is 20.5. The average Bonchev–Trinajstić information content (AvgIpc) is 3.03. The van der Waals surface area contributed by atoms with Crippen LogP contribution in [0.4, 0.5) is 4.39 Å². The van der Waals surface area contributed by atoms with Crippen LogP contribution in [-0.4, -0.2) is 43.1 Å². The molecule has 0 radical (unpaired) electrons. The number of piperidine rings is 1. The van der Waals surface area contributed by atoms with Gasteiger partial charge in [0, 0.05) is 30.8 Å². The molecule has 5 nitrogen and oxygen atoms in total. The molecule has 2 aliphatic heterocycles. The van der Waals surface area contributed by atoms with Crippen molar-refractivity contribution in [2.45, 2.75) is 18.9 Å². The molecule has 2 aliphatic rings. The van der Waals surface area contributed by atoms with Crippen molar-refractivity contribution in [3.05, 3.63) is 69.5 Å². The van der Waals surface area contributed by atoms with E-state index in [0.29, 0.717) is 40.6 Å². The van der Waals surface area contributed by atoms with Crippen molar-refractivity contribution in [2.24, 2.45) is 0 Å².